The van der Waals surface area contributed by atoms with Crippen molar-refractivity contribution >= 4 is 34.4 Å². The highest BCUT2D eigenvalue weighted by Crippen LogP contribution is 2.19. The quantitative estimate of drug-likeness (QED) is 0.640. The molecule has 0 radical (unpaired) electrons. The van der Waals surface area contributed by atoms with Gasteiger partial charge in [0, 0.05) is 42.0 Å². The fraction of sp³-hybridized carbons (Fsp3) is 0.217. The maximum atomic E-state index is 12.8. The number of hydrogen-bond donors (Lipinski definition) is 2. The van der Waals surface area contributed by atoms with E-state index in [1.165, 1.54) is 6.08 Å². The summed E-state index contributed by atoms with van der Waals surface area (Å²) in [7, 11) is 0. The first-order valence-electron chi connectivity index (χ1n) is 9.84. The van der Waals surface area contributed by atoms with Gasteiger partial charge in [0.15, 0.2) is 0 Å². The molecule has 2 aromatic carbocycles. The lowest BCUT2D eigenvalue weighted by Gasteiger charge is -2.17. The molecule has 1 fully saturated rings. The van der Waals surface area contributed by atoms with Crippen LogP contribution in [-0.4, -0.2) is 45.8 Å². The Kier molecular flexibility index (Phi) is 5.43. The van der Waals surface area contributed by atoms with E-state index in [1.807, 2.05) is 36.2 Å². The molecular formula is C23H23N5O2. The molecule has 3 aromatic rings. The molecule has 0 aliphatic carbocycles. The van der Waals surface area contributed by atoms with Crippen molar-refractivity contribution in [2.45, 2.75) is 19.4 Å². The summed E-state index contributed by atoms with van der Waals surface area (Å²) in [6.07, 6.45) is 3.85. The number of carbonyl (C=O) groups excluding carboxylic acids is 2. The number of nitrogens with one attached hydrogen (secondary N) is 2. The van der Waals surface area contributed by atoms with Gasteiger partial charge in [0.05, 0.1) is 5.52 Å². The lowest BCUT2D eigenvalue weighted by molar-refractivity contribution is -0.111. The normalized spacial score (nSPS) is 15.8. The van der Waals surface area contributed by atoms with Gasteiger partial charge in [0.1, 0.15) is 0 Å². The van der Waals surface area contributed by atoms with E-state index in [2.05, 4.69) is 27.2 Å². The van der Waals surface area contributed by atoms with Crippen molar-refractivity contribution in [3.63, 3.8) is 0 Å². The minimum absolute atomic E-state index is 0.0315. The van der Waals surface area contributed by atoms with Gasteiger partial charge in [0.25, 0.3) is 5.91 Å². The molecule has 1 aliphatic rings. The van der Waals surface area contributed by atoms with Gasteiger partial charge < -0.3 is 15.5 Å². The number of benzene rings is 2. The van der Waals surface area contributed by atoms with Crippen LogP contribution in [0.5, 0.6) is 0 Å². The zero-order valence-electron chi connectivity index (χ0n) is 16.8. The molecule has 30 heavy (non-hydrogen) atoms. The van der Waals surface area contributed by atoms with E-state index < -0.39 is 0 Å². The third kappa shape index (κ3) is 4.30. The summed E-state index contributed by atoms with van der Waals surface area (Å²) in [6, 6.07) is 13.1. The minimum Gasteiger partial charge on any atom is -0.350 e. The van der Waals surface area contributed by atoms with E-state index in [0.29, 0.717) is 30.3 Å². The second-order valence-corrected chi connectivity index (χ2v) is 7.41. The van der Waals surface area contributed by atoms with Gasteiger partial charge in [-0.1, -0.05) is 18.7 Å². The molecule has 1 aromatic heterocycles. The monoisotopic (exact) mass is 401 g/mol. The summed E-state index contributed by atoms with van der Waals surface area (Å²) >= 11 is 0. The topological polar surface area (TPSA) is 87.2 Å². The average Bonchev–Trinajstić information content (AvgIpc) is 3.22. The number of hydrogen-bond acceptors (Lipinski definition) is 5. The van der Waals surface area contributed by atoms with E-state index in [4.69, 9.17) is 0 Å². The van der Waals surface area contributed by atoms with Gasteiger partial charge in [-0.3, -0.25) is 9.59 Å². The van der Waals surface area contributed by atoms with Crippen LogP contribution in [0, 0.1) is 6.92 Å². The largest absolute Gasteiger partial charge is 0.350 e. The number of rotatable bonds is 5. The van der Waals surface area contributed by atoms with Crippen molar-refractivity contribution in [3.8, 4) is 0 Å². The Bertz CT molecular complexity index is 1110. The fourth-order valence-electron chi connectivity index (χ4n) is 3.52. The van der Waals surface area contributed by atoms with Crippen molar-refractivity contribution in [1.82, 2.24) is 14.9 Å². The van der Waals surface area contributed by atoms with Crippen molar-refractivity contribution in [2.24, 2.45) is 0 Å². The molecule has 1 aliphatic heterocycles. The molecule has 2 amide bonds. The number of fused-ring (bicyclic) bond motifs is 1. The SMILES string of the molecule is C=CC(=O)Nc1ccc(C(=O)N2CC[C@H](Nc3ncc4ccc(C)cc4n3)C2)cc1. The molecular weight excluding hydrogens is 378 g/mol. The zero-order valence-corrected chi connectivity index (χ0v) is 16.8. The van der Waals surface area contributed by atoms with Crippen LogP contribution in [0.2, 0.25) is 0 Å². The third-order valence-corrected chi connectivity index (χ3v) is 5.13. The summed E-state index contributed by atoms with van der Waals surface area (Å²) in [5.74, 6) is 0.263. The van der Waals surface area contributed by atoms with Gasteiger partial charge in [-0.05, 0) is 55.3 Å². The molecule has 4 rings (SSSR count). The summed E-state index contributed by atoms with van der Waals surface area (Å²) in [4.78, 5) is 35.0. The lowest BCUT2D eigenvalue weighted by atomic mass is 10.2. The summed E-state index contributed by atoms with van der Waals surface area (Å²) in [5.41, 5.74) is 3.27. The maximum Gasteiger partial charge on any atom is 0.253 e. The van der Waals surface area contributed by atoms with Crippen LogP contribution in [0.1, 0.15) is 22.3 Å². The Morgan fingerprint density at radius 3 is 2.77 bits per heavy atom. The zero-order chi connectivity index (χ0) is 21.1. The molecule has 2 N–H and O–H groups in total. The Labute approximate surface area is 174 Å². The first-order chi connectivity index (χ1) is 14.5. The Morgan fingerprint density at radius 2 is 2.00 bits per heavy atom. The summed E-state index contributed by atoms with van der Waals surface area (Å²) in [5, 5.41) is 7.03. The highest BCUT2D eigenvalue weighted by Gasteiger charge is 2.27. The molecule has 152 valence electrons. The van der Waals surface area contributed by atoms with E-state index in [-0.39, 0.29) is 17.9 Å². The second-order valence-electron chi connectivity index (χ2n) is 7.41. The predicted octanol–water partition coefficient (Wildman–Crippen LogP) is 3.39. The van der Waals surface area contributed by atoms with Crippen LogP contribution in [0.15, 0.2) is 61.3 Å². The number of aromatic nitrogens is 2. The van der Waals surface area contributed by atoms with Gasteiger partial charge in [-0.25, -0.2) is 9.97 Å². The first-order valence-corrected chi connectivity index (χ1v) is 9.84. The van der Waals surface area contributed by atoms with E-state index in [9.17, 15) is 9.59 Å². The molecule has 7 nitrogen and oxygen atoms in total. The Morgan fingerprint density at radius 1 is 1.20 bits per heavy atom. The van der Waals surface area contributed by atoms with Gasteiger partial charge >= 0.3 is 0 Å². The van der Waals surface area contributed by atoms with Crippen LogP contribution in [0.3, 0.4) is 0 Å². The van der Waals surface area contributed by atoms with Gasteiger partial charge in [-0.2, -0.15) is 0 Å². The van der Waals surface area contributed by atoms with Crippen molar-refractivity contribution in [3.05, 3.63) is 72.4 Å². The van der Waals surface area contributed by atoms with Crippen LogP contribution < -0.4 is 10.6 Å². The van der Waals surface area contributed by atoms with Gasteiger partial charge in [0.2, 0.25) is 11.9 Å². The van der Waals surface area contributed by atoms with E-state index >= 15 is 0 Å². The Hall–Kier alpha value is -3.74. The molecule has 2 heterocycles. The molecule has 0 saturated carbocycles. The van der Waals surface area contributed by atoms with Crippen LogP contribution in [-0.2, 0) is 4.79 Å². The van der Waals surface area contributed by atoms with Crippen molar-refractivity contribution < 1.29 is 9.59 Å². The first kappa shape index (κ1) is 19.6. The fourth-order valence-corrected chi connectivity index (χ4v) is 3.52. The summed E-state index contributed by atoms with van der Waals surface area (Å²) in [6.45, 7) is 6.71. The molecule has 0 unspecified atom stereocenters. The smallest absolute Gasteiger partial charge is 0.253 e. The third-order valence-electron chi connectivity index (χ3n) is 5.13. The van der Waals surface area contributed by atoms with Crippen LogP contribution in [0.25, 0.3) is 10.9 Å². The van der Waals surface area contributed by atoms with Gasteiger partial charge in [-0.15, -0.1) is 0 Å². The average molecular weight is 401 g/mol. The van der Waals surface area contributed by atoms with Crippen LogP contribution in [0.4, 0.5) is 11.6 Å². The molecule has 1 atom stereocenters. The molecule has 0 bridgehead atoms. The van der Waals surface area contributed by atoms with Crippen molar-refractivity contribution in [2.75, 3.05) is 23.7 Å². The van der Waals surface area contributed by atoms with Crippen molar-refractivity contribution in [1.29, 1.82) is 0 Å². The molecule has 0 spiro atoms. The minimum atomic E-state index is -0.284. The Balaban J connectivity index is 1.38. The summed E-state index contributed by atoms with van der Waals surface area (Å²) < 4.78 is 0. The highest BCUT2D eigenvalue weighted by atomic mass is 16.2. The number of aryl methyl sites for hydroxylation is 1. The lowest BCUT2D eigenvalue weighted by Crippen LogP contribution is -2.31. The number of anilines is 2. The molecule has 1 saturated heterocycles. The number of nitrogens with zero attached hydrogens (tertiary/aromatic N) is 3. The van der Waals surface area contributed by atoms with E-state index in [0.717, 1.165) is 22.9 Å². The number of amides is 2. The highest BCUT2D eigenvalue weighted by molar-refractivity contribution is 5.99. The number of likely N-dealkylation sites (tertiary alicyclic amines) is 1. The predicted molar refractivity (Wildman–Crippen MR) is 117 cm³/mol. The molecule has 7 heteroatoms. The number of carbonyl (C=O) groups is 2. The second kappa shape index (κ2) is 8.32. The van der Waals surface area contributed by atoms with E-state index in [1.54, 1.807) is 24.3 Å². The maximum absolute atomic E-state index is 12.8. The standard InChI is InChI=1S/C23H23N5O2/c1-3-21(29)25-18-8-6-16(7-9-18)22(30)28-11-10-19(14-28)26-23-24-13-17-5-4-15(2)12-20(17)27-23/h3-9,12-13,19H,1,10-11,14H2,2H3,(H,25,29)(H,24,26,27)/t19-/m0/s1. The van der Waals surface area contributed by atoms with Crippen LogP contribution >= 0.6 is 0 Å².